The Balaban J connectivity index is 2.33. The number of rotatable bonds is 11. The number of non-ortho nitro benzene ring substituents is 1. The summed E-state index contributed by atoms with van der Waals surface area (Å²) in [5.74, 6) is -3.90. The average molecular weight is 564 g/mol. The van der Waals surface area contributed by atoms with Gasteiger partial charge in [0, 0.05) is 30.3 Å². The van der Waals surface area contributed by atoms with Gasteiger partial charge < -0.3 is 24.8 Å². The predicted octanol–water partition coefficient (Wildman–Crippen LogP) is 3.83. The largest absolute Gasteiger partial charge is 0.466 e. The van der Waals surface area contributed by atoms with E-state index in [2.05, 4.69) is 15.4 Å². The molecular weight excluding hydrogens is 539 g/mol. The number of hydrogen-bond acceptors (Lipinski definition) is 9. The molecule has 0 aliphatic carbocycles. The first-order chi connectivity index (χ1) is 17.9. The molecule has 0 saturated heterocycles. The number of nitro benzene ring substituents is 1. The highest BCUT2D eigenvalue weighted by Gasteiger charge is 2.47. The summed E-state index contributed by atoms with van der Waals surface area (Å²) in [6, 6.07) is 4.57. The van der Waals surface area contributed by atoms with Crippen LogP contribution >= 0.6 is 11.6 Å². The van der Waals surface area contributed by atoms with E-state index in [0.29, 0.717) is 6.42 Å². The number of nitro groups is 1. The van der Waals surface area contributed by atoms with Gasteiger partial charge in [0.1, 0.15) is 5.70 Å². The molecule has 0 bridgehead atoms. The fraction of sp³-hybridized carbons (Fsp3) is 0.435. The number of carbonyl (C=O) groups is 3. The second kappa shape index (κ2) is 13.7. The number of alkyl halides is 4. The molecule has 1 amide bonds. The molecule has 2 N–H and O–H groups in total. The summed E-state index contributed by atoms with van der Waals surface area (Å²) in [5.41, 5.74) is -3.60. The Bertz CT molecular complexity index is 1140. The minimum Gasteiger partial charge on any atom is -0.466 e. The first-order valence-corrected chi connectivity index (χ1v) is 11.7. The van der Waals surface area contributed by atoms with Crippen molar-refractivity contribution in [2.75, 3.05) is 32.7 Å². The number of alkyl carbamates (subject to hydrolysis) is 1. The van der Waals surface area contributed by atoms with Gasteiger partial charge in [-0.05, 0) is 25.3 Å². The maximum absolute atomic E-state index is 13.9. The predicted molar refractivity (Wildman–Crippen MR) is 127 cm³/mol. The van der Waals surface area contributed by atoms with E-state index in [0.717, 1.165) is 19.2 Å². The molecule has 0 aromatic heterocycles. The summed E-state index contributed by atoms with van der Waals surface area (Å²) >= 11 is 5.45. The summed E-state index contributed by atoms with van der Waals surface area (Å²) in [7, 11) is 0.870. The van der Waals surface area contributed by atoms with E-state index in [1.807, 2.05) is 0 Å². The zero-order chi connectivity index (χ0) is 28.5. The van der Waals surface area contributed by atoms with E-state index in [4.69, 9.17) is 21.1 Å². The Morgan fingerprint density at radius 3 is 2.37 bits per heavy atom. The number of methoxy groups -OCH3 is 1. The standard InChI is InChI=1S/C23H25ClF3N3O8/c1-13-16(21(32)37-10-3-4-11-38-22(33)28-9-8-24)17(14-6-5-7-15(12-14)30(34)35)18(20(31)36-2)19(29-13)23(25,26)27/h5-7,12,17,29H,3-4,8-11H2,1-2H3,(H,28,33). The van der Waals surface area contributed by atoms with Crippen molar-refractivity contribution in [1.29, 1.82) is 0 Å². The molecule has 0 spiro atoms. The van der Waals surface area contributed by atoms with Gasteiger partial charge in [-0.15, -0.1) is 11.6 Å². The molecule has 0 radical (unpaired) electrons. The van der Waals surface area contributed by atoms with Crippen molar-refractivity contribution in [3.05, 3.63) is 62.5 Å². The SMILES string of the molecule is COC(=O)C1=C(C(F)(F)F)NC(C)=C(C(=O)OCCCCOC(=O)NCCCl)C1c1cccc([N+](=O)[O-])c1. The maximum Gasteiger partial charge on any atom is 0.431 e. The maximum atomic E-state index is 13.9. The van der Waals surface area contributed by atoms with Crippen molar-refractivity contribution in [2.24, 2.45) is 0 Å². The number of allylic oxidation sites excluding steroid dienone is 2. The minimum absolute atomic E-state index is 0.00935. The van der Waals surface area contributed by atoms with Crippen molar-refractivity contribution in [3.8, 4) is 0 Å². The van der Waals surface area contributed by atoms with Crippen LogP contribution in [0.5, 0.6) is 0 Å². The van der Waals surface area contributed by atoms with Gasteiger partial charge in [-0.3, -0.25) is 10.1 Å². The summed E-state index contributed by atoms with van der Waals surface area (Å²) in [4.78, 5) is 47.5. The van der Waals surface area contributed by atoms with Crippen LogP contribution in [-0.4, -0.2) is 61.9 Å². The van der Waals surface area contributed by atoms with E-state index in [1.54, 1.807) is 0 Å². The Kier molecular flexibility index (Phi) is 10.9. The lowest BCUT2D eigenvalue weighted by molar-refractivity contribution is -0.384. The van der Waals surface area contributed by atoms with Crippen LogP contribution in [0, 0.1) is 10.1 Å². The molecule has 38 heavy (non-hydrogen) atoms. The van der Waals surface area contributed by atoms with E-state index < -0.39 is 52.0 Å². The van der Waals surface area contributed by atoms with Crippen molar-refractivity contribution < 1.29 is 46.7 Å². The van der Waals surface area contributed by atoms with E-state index in [1.165, 1.54) is 19.1 Å². The first kappa shape index (κ1) is 30.4. The van der Waals surface area contributed by atoms with Crippen LogP contribution in [0.1, 0.15) is 31.2 Å². The van der Waals surface area contributed by atoms with Crippen molar-refractivity contribution in [2.45, 2.75) is 31.9 Å². The van der Waals surface area contributed by atoms with Gasteiger partial charge >= 0.3 is 24.2 Å². The normalized spacial score (nSPS) is 15.5. The van der Waals surface area contributed by atoms with Gasteiger partial charge in [0.2, 0.25) is 0 Å². The molecule has 2 rings (SSSR count). The van der Waals surface area contributed by atoms with Crippen LogP contribution in [0.25, 0.3) is 0 Å². The number of halogens is 4. The third-order valence-corrected chi connectivity index (χ3v) is 5.44. The second-order valence-corrected chi connectivity index (χ2v) is 8.20. The zero-order valence-electron chi connectivity index (χ0n) is 20.4. The van der Waals surface area contributed by atoms with Gasteiger partial charge in [-0.2, -0.15) is 13.2 Å². The molecule has 1 atom stereocenters. The summed E-state index contributed by atoms with van der Waals surface area (Å²) in [5, 5.41) is 15.7. The number of nitrogens with one attached hydrogen (secondary N) is 2. The highest BCUT2D eigenvalue weighted by molar-refractivity contribution is 6.18. The van der Waals surface area contributed by atoms with Crippen LogP contribution in [-0.2, 0) is 23.8 Å². The van der Waals surface area contributed by atoms with E-state index in [-0.39, 0.29) is 48.9 Å². The van der Waals surface area contributed by atoms with Crippen molar-refractivity contribution in [3.63, 3.8) is 0 Å². The lowest BCUT2D eigenvalue weighted by Gasteiger charge is -2.31. The molecule has 1 aliphatic rings. The highest BCUT2D eigenvalue weighted by atomic mass is 35.5. The van der Waals surface area contributed by atoms with Gasteiger partial charge in [0.25, 0.3) is 5.69 Å². The van der Waals surface area contributed by atoms with Crippen LogP contribution in [0.15, 0.2) is 46.8 Å². The number of unbranched alkanes of at least 4 members (excludes halogenated alkanes) is 1. The van der Waals surface area contributed by atoms with Crippen LogP contribution in [0.4, 0.5) is 23.7 Å². The van der Waals surface area contributed by atoms with Crippen LogP contribution < -0.4 is 10.6 Å². The Hall–Kier alpha value is -3.81. The third kappa shape index (κ3) is 7.84. The lowest BCUT2D eigenvalue weighted by Crippen LogP contribution is -2.38. The van der Waals surface area contributed by atoms with Gasteiger partial charge in [-0.25, -0.2) is 14.4 Å². The van der Waals surface area contributed by atoms with Crippen LogP contribution in [0.3, 0.4) is 0 Å². The number of ether oxygens (including phenoxy) is 3. The molecule has 0 fully saturated rings. The summed E-state index contributed by atoms with van der Waals surface area (Å²) in [6.07, 6.45) is -5.17. The molecule has 0 saturated carbocycles. The quantitative estimate of drug-likeness (QED) is 0.102. The molecule has 1 unspecified atom stereocenters. The van der Waals surface area contributed by atoms with Gasteiger partial charge in [0.15, 0.2) is 0 Å². The smallest absolute Gasteiger partial charge is 0.431 e. The molecule has 15 heteroatoms. The van der Waals surface area contributed by atoms with Gasteiger partial charge in [-0.1, -0.05) is 12.1 Å². The number of hydrogen-bond donors (Lipinski definition) is 2. The molecule has 208 valence electrons. The van der Waals surface area contributed by atoms with Crippen molar-refractivity contribution in [1.82, 2.24) is 10.6 Å². The molecular formula is C23H25ClF3N3O8. The van der Waals surface area contributed by atoms with Crippen LogP contribution in [0.2, 0.25) is 0 Å². The summed E-state index contributed by atoms with van der Waals surface area (Å²) in [6.45, 7) is 1.24. The number of carbonyl (C=O) groups excluding carboxylic acids is 3. The number of benzene rings is 1. The minimum atomic E-state index is -5.05. The summed E-state index contributed by atoms with van der Waals surface area (Å²) < 4.78 is 56.4. The molecule has 1 aromatic carbocycles. The molecule has 1 aromatic rings. The van der Waals surface area contributed by atoms with Crippen molar-refractivity contribution >= 4 is 35.3 Å². The third-order valence-electron chi connectivity index (χ3n) is 5.26. The average Bonchev–Trinajstić information content (AvgIpc) is 2.87. The first-order valence-electron chi connectivity index (χ1n) is 11.2. The number of dihydropyridines is 1. The lowest BCUT2D eigenvalue weighted by atomic mass is 9.80. The molecule has 11 nitrogen and oxygen atoms in total. The number of amides is 1. The number of esters is 2. The fourth-order valence-corrected chi connectivity index (χ4v) is 3.71. The van der Waals surface area contributed by atoms with E-state index in [9.17, 15) is 37.7 Å². The zero-order valence-corrected chi connectivity index (χ0v) is 21.1. The monoisotopic (exact) mass is 563 g/mol. The second-order valence-electron chi connectivity index (χ2n) is 7.82. The van der Waals surface area contributed by atoms with Gasteiger partial charge in [0.05, 0.1) is 42.3 Å². The molecule has 1 aliphatic heterocycles. The topological polar surface area (TPSA) is 146 Å². The Morgan fingerprint density at radius 1 is 1.13 bits per heavy atom. The van der Waals surface area contributed by atoms with E-state index >= 15 is 0 Å². The Morgan fingerprint density at radius 2 is 1.79 bits per heavy atom. The fourth-order valence-electron chi connectivity index (χ4n) is 3.61. The Labute approximate surface area is 220 Å². The number of nitrogens with zero attached hydrogens (tertiary/aromatic N) is 1. The highest BCUT2D eigenvalue weighted by Crippen LogP contribution is 2.43. The molecule has 1 heterocycles.